The van der Waals surface area contributed by atoms with Gasteiger partial charge >= 0.3 is 0 Å². The lowest BCUT2D eigenvalue weighted by atomic mass is 9.97. The monoisotopic (exact) mass is 343 g/mol. The van der Waals surface area contributed by atoms with Gasteiger partial charge in [-0.1, -0.05) is 31.0 Å². The summed E-state index contributed by atoms with van der Waals surface area (Å²) < 4.78 is 24.5. The molecule has 2 rings (SSSR count). The molecule has 0 spiro atoms. The second kappa shape index (κ2) is 9.88. The third-order valence-corrected chi connectivity index (χ3v) is 4.87. The van der Waals surface area contributed by atoms with Gasteiger partial charge in [-0.15, -0.1) is 0 Å². The second-order valence-electron chi connectivity index (χ2n) is 6.00. The van der Waals surface area contributed by atoms with Crippen LogP contribution in [0.1, 0.15) is 44.9 Å². The van der Waals surface area contributed by atoms with Crippen molar-refractivity contribution in [3.05, 3.63) is 24.3 Å². The molecule has 0 aromatic heterocycles. The quantitative estimate of drug-likeness (QED) is 0.775. The van der Waals surface area contributed by atoms with Gasteiger partial charge in [-0.05, 0) is 49.9 Å². The van der Waals surface area contributed by atoms with Crippen molar-refractivity contribution >= 4 is 23.4 Å². The third-order valence-electron chi connectivity index (χ3n) is 4.15. The number of rotatable bonds is 6. The minimum atomic E-state index is -2.42. The summed E-state index contributed by atoms with van der Waals surface area (Å²) in [4.78, 5) is 12.5. The van der Waals surface area contributed by atoms with E-state index in [4.69, 9.17) is 0 Å². The number of amides is 1. The van der Waals surface area contributed by atoms with Crippen molar-refractivity contribution < 1.29 is 18.9 Å². The molecule has 3 nitrogen and oxygen atoms in total. The predicted molar refractivity (Wildman–Crippen MR) is 89.8 cm³/mol. The fourth-order valence-corrected chi connectivity index (χ4v) is 3.43. The molecule has 1 aromatic carbocycles. The van der Waals surface area contributed by atoms with Gasteiger partial charge in [-0.3, -0.25) is 4.79 Å². The summed E-state index contributed by atoms with van der Waals surface area (Å²) in [7, 11) is 0. The minimum absolute atomic E-state index is 0.0404. The van der Waals surface area contributed by atoms with Crippen LogP contribution in [-0.4, -0.2) is 24.3 Å². The summed E-state index contributed by atoms with van der Waals surface area (Å²) in [6.45, 7) is 0.415. The Morgan fingerprint density at radius 2 is 1.74 bits per heavy atom. The van der Waals surface area contributed by atoms with E-state index in [-0.39, 0.29) is 5.91 Å². The number of benzene rings is 1. The Morgan fingerprint density at radius 1 is 1.13 bits per heavy atom. The van der Waals surface area contributed by atoms with Crippen LogP contribution >= 0.6 is 11.8 Å². The molecule has 0 radical (unpaired) electrons. The highest BCUT2D eigenvalue weighted by molar-refractivity contribution is 7.99. The molecule has 1 amide bonds. The number of nitrogens with two attached hydrogens (primary N) is 1. The standard InChI is InChI=1S/C17H24F2N2OS/c18-17(19)23-15-10-8-14(9-11-15)21-16(22)12-20-13-6-4-2-1-3-5-7-13/h8-11,13,17,20H,1-7,12H2,(H,21,22)/p+1. The first-order valence-electron chi connectivity index (χ1n) is 8.31. The summed E-state index contributed by atoms with van der Waals surface area (Å²) in [6.07, 6.45) is 8.84. The Morgan fingerprint density at radius 3 is 2.35 bits per heavy atom. The summed E-state index contributed by atoms with van der Waals surface area (Å²) in [6, 6.07) is 7.08. The molecule has 1 aliphatic rings. The SMILES string of the molecule is O=C(C[NH2+]C1CCCCCCC1)Nc1ccc(SC(F)F)cc1. The maximum absolute atomic E-state index is 12.3. The number of hydrogen-bond acceptors (Lipinski definition) is 2. The molecule has 0 saturated heterocycles. The van der Waals surface area contributed by atoms with Crippen LogP contribution in [0.5, 0.6) is 0 Å². The lowest BCUT2D eigenvalue weighted by molar-refractivity contribution is -0.680. The van der Waals surface area contributed by atoms with Crippen LogP contribution < -0.4 is 10.6 Å². The summed E-state index contributed by atoms with van der Waals surface area (Å²) >= 11 is 0.507. The van der Waals surface area contributed by atoms with Gasteiger partial charge in [0.2, 0.25) is 0 Å². The molecule has 0 aliphatic heterocycles. The number of nitrogens with one attached hydrogen (secondary N) is 1. The van der Waals surface area contributed by atoms with Gasteiger partial charge in [0, 0.05) is 10.6 Å². The fourth-order valence-electron chi connectivity index (χ4n) is 2.93. The van der Waals surface area contributed by atoms with Crippen LogP contribution in [0.15, 0.2) is 29.2 Å². The van der Waals surface area contributed by atoms with Crippen molar-refractivity contribution in [2.75, 3.05) is 11.9 Å². The van der Waals surface area contributed by atoms with Crippen LogP contribution in [0.3, 0.4) is 0 Å². The number of halogens is 2. The van der Waals surface area contributed by atoms with E-state index < -0.39 is 5.76 Å². The second-order valence-corrected chi connectivity index (χ2v) is 7.06. The van der Waals surface area contributed by atoms with E-state index in [1.165, 1.54) is 44.9 Å². The average Bonchev–Trinajstić information content (AvgIpc) is 2.47. The highest BCUT2D eigenvalue weighted by atomic mass is 32.2. The van der Waals surface area contributed by atoms with E-state index in [1.54, 1.807) is 24.3 Å². The molecule has 128 valence electrons. The first kappa shape index (κ1) is 18.2. The molecule has 6 heteroatoms. The van der Waals surface area contributed by atoms with Crippen LogP contribution in [0, 0.1) is 0 Å². The van der Waals surface area contributed by atoms with Crippen molar-refractivity contribution in [3.8, 4) is 0 Å². The largest absolute Gasteiger partial charge is 0.336 e. The van der Waals surface area contributed by atoms with Crippen molar-refractivity contribution in [1.82, 2.24) is 0 Å². The number of hydrogen-bond donors (Lipinski definition) is 2. The number of carbonyl (C=O) groups is 1. The number of quaternary nitrogens is 1. The molecule has 23 heavy (non-hydrogen) atoms. The summed E-state index contributed by atoms with van der Waals surface area (Å²) in [5, 5.41) is 4.96. The van der Waals surface area contributed by atoms with Crippen LogP contribution in [0.4, 0.5) is 14.5 Å². The van der Waals surface area contributed by atoms with Crippen LogP contribution in [0.2, 0.25) is 0 Å². The maximum Gasteiger partial charge on any atom is 0.288 e. The van der Waals surface area contributed by atoms with Crippen molar-refractivity contribution in [1.29, 1.82) is 0 Å². The number of anilines is 1. The van der Waals surface area contributed by atoms with Gasteiger partial charge in [-0.25, -0.2) is 0 Å². The van der Waals surface area contributed by atoms with Gasteiger partial charge in [0.15, 0.2) is 6.54 Å². The molecular weight excluding hydrogens is 318 g/mol. The molecule has 1 saturated carbocycles. The molecule has 0 heterocycles. The van der Waals surface area contributed by atoms with Crippen LogP contribution in [-0.2, 0) is 4.79 Å². The zero-order chi connectivity index (χ0) is 16.5. The molecule has 3 N–H and O–H groups in total. The van der Waals surface area contributed by atoms with Crippen molar-refractivity contribution in [2.45, 2.75) is 61.6 Å². The van der Waals surface area contributed by atoms with Gasteiger partial charge in [0.05, 0.1) is 6.04 Å². The molecule has 1 aromatic rings. The highest BCUT2D eigenvalue weighted by Gasteiger charge is 2.15. The normalized spacial score (nSPS) is 16.8. The first-order valence-corrected chi connectivity index (χ1v) is 9.19. The highest BCUT2D eigenvalue weighted by Crippen LogP contribution is 2.26. The lowest BCUT2D eigenvalue weighted by Crippen LogP contribution is -2.91. The maximum atomic E-state index is 12.3. The number of alkyl halides is 2. The van der Waals surface area contributed by atoms with Gasteiger partial charge in [0.25, 0.3) is 11.7 Å². The topological polar surface area (TPSA) is 45.7 Å². The van der Waals surface area contributed by atoms with E-state index in [0.717, 1.165) is 0 Å². The average molecular weight is 343 g/mol. The third kappa shape index (κ3) is 7.31. The van der Waals surface area contributed by atoms with Gasteiger partial charge in [0.1, 0.15) is 0 Å². The molecular formula is C17H25F2N2OS+. The Hall–Kier alpha value is -1.14. The smallest absolute Gasteiger partial charge is 0.288 e. The van der Waals surface area contributed by atoms with Crippen molar-refractivity contribution in [2.24, 2.45) is 0 Å². The molecule has 0 unspecified atom stereocenters. The zero-order valence-electron chi connectivity index (χ0n) is 13.3. The molecule has 1 aliphatic carbocycles. The van der Waals surface area contributed by atoms with Gasteiger partial charge < -0.3 is 10.6 Å². The van der Waals surface area contributed by atoms with Crippen molar-refractivity contribution in [3.63, 3.8) is 0 Å². The fraction of sp³-hybridized carbons (Fsp3) is 0.588. The Balaban J connectivity index is 1.73. The van der Waals surface area contributed by atoms with Gasteiger partial charge in [-0.2, -0.15) is 8.78 Å². The van der Waals surface area contributed by atoms with E-state index >= 15 is 0 Å². The Labute approximate surface area is 140 Å². The number of thioether (sulfide) groups is 1. The first-order chi connectivity index (χ1) is 11.1. The minimum Gasteiger partial charge on any atom is -0.336 e. The zero-order valence-corrected chi connectivity index (χ0v) is 14.1. The van der Waals surface area contributed by atoms with E-state index in [1.807, 2.05) is 0 Å². The molecule has 1 fully saturated rings. The Kier molecular flexibility index (Phi) is 7.82. The predicted octanol–water partition coefficient (Wildman–Crippen LogP) is 3.62. The van der Waals surface area contributed by atoms with Crippen LogP contribution in [0.25, 0.3) is 0 Å². The summed E-state index contributed by atoms with van der Waals surface area (Å²) in [5.41, 5.74) is 0.652. The molecule has 0 atom stereocenters. The van der Waals surface area contributed by atoms with E-state index in [9.17, 15) is 13.6 Å². The molecule has 0 bridgehead atoms. The number of carbonyl (C=O) groups excluding carboxylic acids is 1. The Bertz CT molecular complexity index is 474. The van der Waals surface area contributed by atoms with E-state index in [2.05, 4.69) is 10.6 Å². The lowest BCUT2D eigenvalue weighted by Gasteiger charge is -2.18. The summed E-state index contributed by atoms with van der Waals surface area (Å²) in [5.74, 6) is -2.46. The van der Waals surface area contributed by atoms with E-state index in [0.29, 0.717) is 34.9 Å².